The van der Waals surface area contributed by atoms with Crippen molar-refractivity contribution >= 4 is 29.6 Å². The van der Waals surface area contributed by atoms with E-state index in [-0.39, 0.29) is 17.9 Å². The summed E-state index contributed by atoms with van der Waals surface area (Å²) >= 11 is 0. The van der Waals surface area contributed by atoms with E-state index in [1.165, 1.54) is 19.2 Å². The number of carbonyl (C=O) groups is 4. The molecular weight excluding hydrogens is 467 g/mol. The summed E-state index contributed by atoms with van der Waals surface area (Å²) in [4.78, 5) is 52.3. The van der Waals surface area contributed by atoms with Crippen molar-refractivity contribution in [3.8, 4) is 0 Å². The summed E-state index contributed by atoms with van der Waals surface area (Å²) in [5, 5.41) is 15.0. The van der Waals surface area contributed by atoms with E-state index in [9.17, 15) is 28.7 Å². The van der Waals surface area contributed by atoms with E-state index in [1.54, 1.807) is 36.1 Å². The molecule has 0 saturated carbocycles. The number of imide groups is 1. The second-order valence-corrected chi connectivity index (χ2v) is 9.16. The van der Waals surface area contributed by atoms with Crippen LogP contribution in [0.25, 0.3) is 0 Å². The summed E-state index contributed by atoms with van der Waals surface area (Å²) in [7, 11) is 1.50. The fourth-order valence-corrected chi connectivity index (χ4v) is 5.20. The lowest BCUT2D eigenvalue weighted by Crippen LogP contribution is -2.46. The molecule has 9 nitrogen and oxygen atoms in total. The third-order valence-electron chi connectivity index (χ3n) is 6.96. The summed E-state index contributed by atoms with van der Waals surface area (Å²) in [5.41, 5.74) is 3.66. The van der Waals surface area contributed by atoms with Crippen molar-refractivity contribution in [3.05, 3.63) is 64.5 Å². The molecule has 36 heavy (non-hydrogen) atoms. The van der Waals surface area contributed by atoms with Gasteiger partial charge in [-0.1, -0.05) is 12.1 Å². The number of aryl methyl sites for hydroxylation is 2. The molecule has 0 radical (unpaired) electrons. The number of fused-ring (bicyclic) bond motifs is 1. The predicted octanol–water partition coefficient (Wildman–Crippen LogP) is 3.79. The number of benzene rings is 2. The number of likely N-dealkylation sites (tertiary alicyclic amines) is 1. The van der Waals surface area contributed by atoms with E-state index in [4.69, 9.17) is 0 Å². The standard InChI is InChI=1S/C26H29FN4O5/c1-15-12-17(27)6-9-19(15)22-4-3-11-30(22)23(32)14-31(26(35)36)24(33)21-8-5-16-13-18(7-10-20(16)21)29-25(34)28-2/h6-7,9-10,12-13,21-22H,3-5,8,11,14H2,1-2H3,(H,35,36)(H2,28,29,34)/t21-,22?/m0/s1. The molecule has 4 rings (SSSR count). The zero-order chi connectivity index (χ0) is 26.0. The maximum Gasteiger partial charge on any atom is 0.414 e. The highest BCUT2D eigenvalue weighted by molar-refractivity contribution is 5.99. The zero-order valence-electron chi connectivity index (χ0n) is 20.2. The average molecular weight is 497 g/mol. The topological polar surface area (TPSA) is 119 Å². The van der Waals surface area contributed by atoms with Gasteiger partial charge in [-0.15, -0.1) is 0 Å². The number of hydrogen-bond acceptors (Lipinski definition) is 4. The van der Waals surface area contributed by atoms with Gasteiger partial charge in [0.05, 0.1) is 12.0 Å². The molecule has 1 heterocycles. The van der Waals surface area contributed by atoms with Gasteiger partial charge < -0.3 is 20.6 Å². The van der Waals surface area contributed by atoms with Crippen LogP contribution in [0.3, 0.4) is 0 Å². The Bertz CT molecular complexity index is 1220. The minimum absolute atomic E-state index is 0.290. The van der Waals surface area contributed by atoms with Crippen molar-refractivity contribution in [1.82, 2.24) is 15.1 Å². The lowest BCUT2D eigenvalue weighted by atomic mass is 9.98. The van der Waals surface area contributed by atoms with Crippen molar-refractivity contribution in [2.75, 3.05) is 25.5 Å². The highest BCUT2D eigenvalue weighted by Gasteiger charge is 2.38. The molecule has 190 valence electrons. The Balaban J connectivity index is 1.50. The van der Waals surface area contributed by atoms with Crippen LogP contribution in [0.4, 0.5) is 19.7 Å². The zero-order valence-corrected chi connectivity index (χ0v) is 20.2. The van der Waals surface area contributed by atoms with E-state index >= 15 is 0 Å². The van der Waals surface area contributed by atoms with Gasteiger partial charge in [0.25, 0.3) is 0 Å². The normalized spacial score (nSPS) is 18.5. The number of carbonyl (C=O) groups excluding carboxylic acids is 3. The van der Waals surface area contributed by atoms with Gasteiger partial charge in [-0.25, -0.2) is 18.9 Å². The SMILES string of the molecule is CNC(=O)Nc1ccc2c(c1)CC[C@@H]2C(=O)N(CC(=O)N1CCCC1c1ccc(F)cc1C)C(=O)O. The quantitative estimate of drug-likeness (QED) is 0.582. The first-order valence-corrected chi connectivity index (χ1v) is 11.9. The van der Waals surface area contributed by atoms with Gasteiger partial charge in [0.15, 0.2) is 0 Å². The molecule has 2 aromatic rings. The maximum absolute atomic E-state index is 13.6. The van der Waals surface area contributed by atoms with Gasteiger partial charge in [0, 0.05) is 19.3 Å². The van der Waals surface area contributed by atoms with E-state index in [2.05, 4.69) is 10.6 Å². The van der Waals surface area contributed by atoms with Gasteiger partial charge in [0.2, 0.25) is 11.8 Å². The molecule has 0 aromatic heterocycles. The Morgan fingerprint density at radius 2 is 1.86 bits per heavy atom. The first-order chi connectivity index (χ1) is 17.2. The minimum Gasteiger partial charge on any atom is -0.465 e. The van der Waals surface area contributed by atoms with Crippen LogP contribution in [-0.2, 0) is 16.0 Å². The number of amides is 5. The lowest BCUT2D eigenvalue weighted by molar-refractivity contribution is -0.140. The molecule has 3 N–H and O–H groups in total. The molecule has 2 aliphatic rings. The van der Waals surface area contributed by atoms with E-state index in [1.807, 2.05) is 0 Å². The van der Waals surface area contributed by atoms with Gasteiger partial charge in [-0.05, 0) is 79.1 Å². The lowest BCUT2D eigenvalue weighted by Gasteiger charge is -2.29. The Morgan fingerprint density at radius 3 is 2.56 bits per heavy atom. The van der Waals surface area contributed by atoms with Crippen LogP contribution in [-0.4, -0.2) is 59.0 Å². The molecule has 1 aliphatic carbocycles. The van der Waals surface area contributed by atoms with Crippen LogP contribution >= 0.6 is 0 Å². The van der Waals surface area contributed by atoms with Crippen molar-refractivity contribution in [2.45, 2.75) is 44.6 Å². The summed E-state index contributed by atoms with van der Waals surface area (Å²) in [6.07, 6.45) is 0.900. The van der Waals surface area contributed by atoms with Gasteiger partial charge in [-0.2, -0.15) is 0 Å². The molecule has 2 atom stereocenters. The number of halogens is 1. The molecule has 1 unspecified atom stereocenters. The molecule has 0 bridgehead atoms. The third-order valence-corrected chi connectivity index (χ3v) is 6.96. The summed E-state index contributed by atoms with van der Waals surface area (Å²) in [6.45, 7) is 1.64. The first-order valence-electron chi connectivity index (χ1n) is 11.9. The Labute approximate surface area is 208 Å². The van der Waals surface area contributed by atoms with Crippen LogP contribution in [0.5, 0.6) is 0 Å². The van der Waals surface area contributed by atoms with E-state index < -0.39 is 30.4 Å². The number of anilines is 1. The van der Waals surface area contributed by atoms with Crippen molar-refractivity contribution in [1.29, 1.82) is 0 Å². The van der Waals surface area contributed by atoms with Crippen molar-refractivity contribution in [3.63, 3.8) is 0 Å². The number of rotatable bonds is 5. The molecule has 1 aliphatic heterocycles. The first kappa shape index (κ1) is 25.2. The fourth-order valence-electron chi connectivity index (χ4n) is 5.20. The van der Waals surface area contributed by atoms with Gasteiger partial charge in [-0.3, -0.25) is 9.59 Å². The average Bonchev–Trinajstić information content (AvgIpc) is 3.49. The summed E-state index contributed by atoms with van der Waals surface area (Å²) < 4.78 is 13.6. The molecule has 1 fully saturated rings. The number of carboxylic acid groups (broad SMARTS) is 1. The Kier molecular flexibility index (Phi) is 7.23. The van der Waals surface area contributed by atoms with Crippen molar-refractivity contribution < 1.29 is 28.7 Å². The summed E-state index contributed by atoms with van der Waals surface area (Å²) in [5.74, 6) is -2.15. The monoisotopic (exact) mass is 496 g/mol. The van der Waals surface area contributed by atoms with Gasteiger partial charge in [0.1, 0.15) is 12.4 Å². The number of urea groups is 1. The van der Waals surface area contributed by atoms with Crippen LogP contribution in [0.1, 0.15) is 53.5 Å². The molecule has 2 aromatic carbocycles. The molecular formula is C26H29FN4O5. The minimum atomic E-state index is -1.48. The van der Waals surface area contributed by atoms with E-state index in [0.29, 0.717) is 42.0 Å². The molecule has 5 amide bonds. The smallest absolute Gasteiger partial charge is 0.414 e. The summed E-state index contributed by atoms with van der Waals surface area (Å²) in [6, 6.07) is 8.91. The third kappa shape index (κ3) is 5.02. The molecule has 0 spiro atoms. The van der Waals surface area contributed by atoms with Crippen LogP contribution in [0, 0.1) is 12.7 Å². The van der Waals surface area contributed by atoms with E-state index in [0.717, 1.165) is 23.1 Å². The second-order valence-electron chi connectivity index (χ2n) is 9.16. The maximum atomic E-state index is 13.6. The van der Waals surface area contributed by atoms with Crippen molar-refractivity contribution in [2.24, 2.45) is 0 Å². The van der Waals surface area contributed by atoms with Gasteiger partial charge >= 0.3 is 12.1 Å². The largest absolute Gasteiger partial charge is 0.465 e. The number of nitrogens with one attached hydrogen (secondary N) is 2. The highest BCUT2D eigenvalue weighted by Crippen LogP contribution is 2.37. The molecule has 10 heteroatoms. The predicted molar refractivity (Wildman–Crippen MR) is 130 cm³/mol. The second kappa shape index (κ2) is 10.3. The Morgan fingerprint density at radius 1 is 1.11 bits per heavy atom. The van der Waals surface area contributed by atoms with Crippen LogP contribution < -0.4 is 10.6 Å². The highest BCUT2D eigenvalue weighted by atomic mass is 19.1. The number of hydrogen-bond donors (Lipinski definition) is 3. The fraction of sp³-hybridized carbons (Fsp3) is 0.385. The Hall–Kier alpha value is -3.95. The van der Waals surface area contributed by atoms with Crippen LogP contribution in [0.15, 0.2) is 36.4 Å². The van der Waals surface area contributed by atoms with Crippen LogP contribution in [0.2, 0.25) is 0 Å². The number of nitrogens with zero attached hydrogens (tertiary/aromatic N) is 2. The molecule has 1 saturated heterocycles.